The average Bonchev–Trinajstić information content (AvgIpc) is 3.25. The van der Waals surface area contributed by atoms with E-state index in [4.69, 9.17) is 9.97 Å². The molecule has 146 valence electrons. The molecular weight excluding hydrogens is 372 g/mol. The van der Waals surface area contributed by atoms with Gasteiger partial charge in [-0.3, -0.25) is 5.10 Å². The van der Waals surface area contributed by atoms with Crippen molar-refractivity contribution in [1.82, 2.24) is 20.2 Å². The largest absolute Gasteiger partial charge is 0.390 e. The Hall–Kier alpha value is -2.19. The Balaban J connectivity index is 1.31. The first-order valence-electron chi connectivity index (χ1n) is 10.1. The van der Waals surface area contributed by atoms with Crippen LogP contribution < -0.4 is 10.6 Å². The van der Waals surface area contributed by atoms with Gasteiger partial charge in [0.1, 0.15) is 0 Å². The molecule has 4 N–H and O–H groups in total. The standard InChI is InChI=1S/C20H24N6OS/c1-10-4-15(26-25-10)22-18-17-14(2-3-28-17)21-19(24-18)23-16-12-5-11-6-13(16)9-20(27,7-11)8-12/h2-4,11-13,16,27H,5-9H2,1H3,(H3,21,22,23,24,25,26). The third-order valence-corrected chi connectivity index (χ3v) is 7.70. The Morgan fingerprint density at radius 1 is 1.21 bits per heavy atom. The molecule has 0 spiro atoms. The quantitative estimate of drug-likeness (QED) is 0.535. The Morgan fingerprint density at radius 2 is 2.04 bits per heavy atom. The van der Waals surface area contributed by atoms with Gasteiger partial charge in [0.2, 0.25) is 5.95 Å². The number of aliphatic hydroxyl groups is 1. The van der Waals surface area contributed by atoms with Crippen molar-refractivity contribution in [2.45, 2.75) is 50.7 Å². The predicted octanol–water partition coefficient (Wildman–Crippen LogP) is 3.82. The summed E-state index contributed by atoms with van der Waals surface area (Å²) in [6.45, 7) is 1.98. The Labute approximate surface area is 167 Å². The summed E-state index contributed by atoms with van der Waals surface area (Å²) < 4.78 is 1.03. The van der Waals surface area contributed by atoms with Crippen LogP contribution >= 0.6 is 11.3 Å². The SMILES string of the molecule is Cc1cc(Nc2nc(NC3C4CC5CC3CC(O)(C5)C4)nc3ccsc23)n[nH]1. The molecule has 4 fully saturated rings. The molecule has 0 radical (unpaired) electrons. The zero-order chi connectivity index (χ0) is 18.9. The highest BCUT2D eigenvalue weighted by Crippen LogP contribution is 2.56. The van der Waals surface area contributed by atoms with E-state index < -0.39 is 5.60 Å². The predicted molar refractivity (Wildman–Crippen MR) is 110 cm³/mol. The lowest BCUT2D eigenvalue weighted by atomic mass is 9.52. The Morgan fingerprint density at radius 3 is 2.75 bits per heavy atom. The van der Waals surface area contributed by atoms with Gasteiger partial charge in [-0.05, 0) is 68.2 Å². The molecule has 2 atom stereocenters. The summed E-state index contributed by atoms with van der Waals surface area (Å²) in [5.74, 6) is 3.95. The third-order valence-electron chi connectivity index (χ3n) is 6.79. The fraction of sp³-hybridized carbons (Fsp3) is 0.550. The number of nitrogens with zero attached hydrogens (tertiary/aromatic N) is 3. The number of aromatic nitrogens is 4. The van der Waals surface area contributed by atoms with Crippen molar-refractivity contribution in [3.8, 4) is 0 Å². The first kappa shape index (κ1) is 16.7. The highest BCUT2D eigenvalue weighted by molar-refractivity contribution is 7.17. The zero-order valence-corrected chi connectivity index (χ0v) is 16.6. The Kier molecular flexibility index (Phi) is 3.53. The second kappa shape index (κ2) is 5.90. The van der Waals surface area contributed by atoms with Crippen LogP contribution in [0.1, 0.15) is 37.8 Å². The van der Waals surface area contributed by atoms with Gasteiger partial charge < -0.3 is 15.7 Å². The van der Waals surface area contributed by atoms with Crippen LogP contribution in [0.3, 0.4) is 0 Å². The Bertz CT molecular complexity index is 1030. The zero-order valence-electron chi connectivity index (χ0n) is 15.8. The third kappa shape index (κ3) is 2.69. The molecule has 3 aromatic rings. The van der Waals surface area contributed by atoms with E-state index in [1.807, 2.05) is 24.4 Å². The first-order valence-corrected chi connectivity index (χ1v) is 11.0. The molecule has 28 heavy (non-hydrogen) atoms. The molecule has 2 unspecified atom stereocenters. The van der Waals surface area contributed by atoms with Crippen LogP contribution in [-0.4, -0.2) is 36.9 Å². The maximum atomic E-state index is 10.8. The number of H-pyrrole nitrogens is 1. The highest BCUT2D eigenvalue weighted by Gasteiger charge is 2.54. The van der Waals surface area contributed by atoms with Crippen LogP contribution in [0.25, 0.3) is 10.2 Å². The summed E-state index contributed by atoms with van der Waals surface area (Å²) in [6.07, 6.45) is 5.26. The lowest BCUT2D eigenvalue weighted by Crippen LogP contribution is -2.59. The number of aromatic amines is 1. The molecule has 0 aliphatic heterocycles. The molecule has 8 heteroatoms. The molecule has 4 saturated carbocycles. The van der Waals surface area contributed by atoms with E-state index in [-0.39, 0.29) is 0 Å². The van der Waals surface area contributed by atoms with Gasteiger partial charge in [0.25, 0.3) is 0 Å². The van der Waals surface area contributed by atoms with Gasteiger partial charge in [-0.2, -0.15) is 10.1 Å². The summed E-state index contributed by atoms with van der Waals surface area (Å²) in [4.78, 5) is 9.58. The lowest BCUT2D eigenvalue weighted by Gasteiger charge is -2.58. The molecular formula is C20H24N6OS. The molecule has 4 aliphatic rings. The normalized spacial score (nSPS) is 33.5. The van der Waals surface area contributed by atoms with Crippen molar-refractivity contribution < 1.29 is 5.11 Å². The average molecular weight is 397 g/mol. The molecule has 3 heterocycles. The van der Waals surface area contributed by atoms with E-state index in [2.05, 4.69) is 20.8 Å². The number of hydrogen-bond donors (Lipinski definition) is 4. The maximum Gasteiger partial charge on any atom is 0.225 e. The van der Waals surface area contributed by atoms with Crippen LogP contribution in [0.15, 0.2) is 17.5 Å². The minimum Gasteiger partial charge on any atom is -0.390 e. The molecule has 3 aromatic heterocycles. The lowest BCUT2D eigenvalue weighted by molar-refractivity contribution is -0.129. The van der Waals surface area contributed by atoms with E-state index in [1.54, 1.807) is 11.3 Å². The summed E-state index contributed by atoms with van der Waals surface area (Å²) in [6, 6.07) is 4.36. The molecule has 7 nitrogen and oxygen atoms in total. The number of hydrogen-bond acceptors (Lipinski definition) is 7. The van der Waals surface area contributed by atoms with Gasteiger partial charge in [0.05, 0.1) is 15.8 Å². The maximum absolute atomic E-state index is 10.8. The first-order chi connectivity index (χ1) is 13.5. The van der Waals surface area contributed by atoms with Crippen LogP contribution in [0.5, 0.6) is 0 Å². The van der Waals surface area contributed by atoms with Crippen LogP contribution in [0.2, 0.25) is 0 Å². The van der Waals surface area contributed by atoms with Crippen molar-refractivity contribution in [3.63, 3.8) is 0 Å². The van der Waals surface area contributed by atoms with Crippen molar-refractivity contribution in [3.05, 3.63) is 23.2 Å². The number of aryl methyl sites for hydroxylation is 1. The highest BCUT2D eigenvalue weighted by atomic mass is 32.1. The molecule has 0 amide bonds. The minimum absolute atomic E-state index is 0.355. The number of fused-ring (bicyclic) bond motifs is 1. The minimum atomic E-state index is -0.419. The van der Waals surface area contributed by atoms with E-state index in [0.717, 1.165) is 46.8 Å². The van der Waals surface area contributed by atoms with E-state index in [9.17, 15) is 5.11 Å². The fourth-order valence-electron chi connectivity index (χ4n) is 5.98. The van der Waals surface area contributed by atoms with E-state index in [1.165, 1.54) is 12.8 Å². The van der Waals surface area contributed by atoms with Crippen molar-refractivity contribution in [2.24, 2.45) is 17.8 Å². The second-order valence-corrected chi connectivity index (χ2v) is 9.87. The molecule has 4 bridgehead atoms. The number of thiophene rings is 1. The monoisotopic (exact) mass is 396 g/mol. The van der Waals surface area contributed by atoms with Gasteiger partial charge in [-0.15, -0.1) is 11.3 Å². The van der Waals surface area contributed by atoms with Crippen molar-refractivity contribution in [2.75, 3.05) is 10.6 Å². The van der Waals surface area contributed by atoms with Crippen LogP contribution in [0.4, 0.5) is 17.6 Å². The van der Waals surface area contributed by atoms with Crippen LogP contribution in [0, 0.1) is 24.7 Å². The number of nitrogens with one attached hydrogen (secondary N) is 3. The number of anilines is 3. The topological polar surface area (TPSA) is 98.8 Å². The summed E-state index contributed by atoms with van der Waals surface area (Å²) in [7, 11) is 0. The fourth-order valence-corrected chi connectivity index (χ4v) is 6.76. The van der Waals surface area contributed by atoms with Crippen molar-refractivity contribution >= 4 is 39.1 Å². The molecule has 7 rings (SSSR count). The second-order valence-electron chi connectivity index (χ2n) is 8.96. The van der Waals surface area contributed by atoms with E-state index >= 15 is 0 Å². The molecule has 4 aliphatic carbocycles. The van der Waals surface area contributed by atoms with E-state index in [0.29, 0.717) is 29.7 Å². The summed E-state index contributed by atoms with van der Waals surface area (Å²) >= 11 is 1.63. The van der Waals surface area contributed by atoms with Gasteiger partial charge in [0, 0.05) is 17.8 Å². The molecule has 0 saturated heterocycles. The van der Waals surface area contributed by atoms with Gasteiger partial charge in [0.15, 0.2) is 11.6 Å². The van der Waals surface area contributed by atoms with Gasteiger partial charge in [-0.25, -0.2) is 4.98 Å². The summed E-state index contributed by atoms with van der Waals surface area (Å²) in [5, 5.41) is 27.1. The summed E-state index contributed by atoms with van der Waals surface area (Å²) in [5.41, 5.74) is 1.53. The number of rotatable bonds is 4. The van der Waals surface area contributed by atoms with Crippen LogP contribution in [-0.2, 0) is 0 Å². The van der Waals surface area contributed by atoms with Gasteiger partial charge in [-0.1, -0.05) is 0 Å². The van der Waals surface area contributed by atoms with Gasteiger partial charge >= 0.3 is 0 Å². The van der Waals surface area contributed by atoms with Crippen molar-refractivity contribution in [1.29, 1.82) is 0 Å². The molecule has 0 aromatic carbocycles. The smallest absolute Gasteiger partial charge is 0.225 e.